The largest absolute Gasteiger partial charge is 0.497 e. The third-order valence-corrected chi connectivity index (χ3v) is 4.49. The average Bonchev–Trinajstić information content (AvgIpc) is 2.92. The molecule has 28 heavy (non-hydrogen) atoms. The lowest BCUT2D eigenvalue weighted by Crippen LogP contribution is -2.51. The van der Waals surface area contributed by atoms with E-state index in [2.05, 4.69) is 10.7 Å². The number of hydrazine groups is 1. The van der Waals surface area contributed by atoms with Crippen molar-refractivity contribution in [1.82, 2.24) is 15.8 Å². The van der Waals surface area contributed by atoms with Gasteiger partial charge in [0.15, 0.2) is 6.10 Å². The predicted octanol–water partition coefficient (Wildman–Crippen LogP) is 1.96. The van der Waals surface area contributed by atoms with Crippen molar-refractivity contribution in [3.8, 4) is 11.5 Å². The summed E-state index contributed by atoms with van der Waals surface area (Å²) in [5.74, 6) is -0.176. The van der Waals surface area contributed by atoms with Crippen molar-refractivity contribution in [2.24, 2.45) is 0 Å². The Morgan fingerprint density at radius 1 is 1.11 bits per heavy atom. The Morgan fingerprint density at radius 2 is 1.79 bits per heavy atom. The molecule has 0 unspecified atom stereocenters. The minimum atomic E-state index is -1.33. The summed E-state index contributed by atoms with van der Waals surface area (Å²) in [6, 6.07) is 14.9. The standard InChI is InChI=1S/C20H21N3O5/c1-13(28-15-9-5-4-6-10-15)17(24)22-23-18(25)20(2,21-19(23)26)14-8-7-11-16(12-14)27-3/h4-13H,1-3H3,(H,21,26)(H,22,24)/t13-,20-/m1/s1. The molecule has 0 saturated carbocycles. The molecule has 3 rings (SSSR count). The zero-order valence-corrected chi connectivity index (χ0v) is 15.8. The van der Waals surface area contributed by atoms with Gasteiger partial charge in [-0.3, -0.25) is 15.0 Å². The van der Waals surface area contributed by atoms with Crippen molar-refractivity contribution in [3.63, 3.8) is 0 Å². The van der Waals surface area contributed by atoms with E-state index in [1.165, 1.54) is 14.0 Å². The second-order valence-electron chi connectivity index (χ2n) is 6.48. The average molecular weight is 383 g/mol. The van der Waals surface area contributed by atoms with Gasteiger partial charge < -0.3 is 14.8 Å². The van der Waals surface area contributed by atoms with Gasteiger partial charge in [-0.1, -0.05) is 30.3 Å². The van der Waals surface area contributed by atoms with Crippen molar-refractivity contribution < 1.29 is 23.9 Å². The van der Waals surface area contributed by atoms with Gasteiger partial charge in [0.1, 0.15) is 17.0 Å². The second kappa shape index (κ2) is 7.59. The highest BCUT2D eigenvalue weighted by molar-refractivity contribution is 6.08. The van der Waals surface area contributed by atoms with Gasteiger partial charge in [0.25, 0.3) is 11.8 Å². The van der Waals surface area contributed by atoms with E-state index in [9.17, 15) is 14.4 Å². The monoisotopic (exact) mass is 383 g/mol. The van der Waals surface area contributed by atoms with Crippen LogP contribution in [0.5, 0.6) is 11.5 Å². The molecule has 146 valence electrons. The number of hydrogen-bond acceptors (Lipinski definition) is 5. The summed E-state index contributed by atoms with van der Waals surface area (Å²) in [5.41, 5.74) is 1.54. The number of urea groups is 1. The Morgan fingerprint density at radius 3 is 2.46 bits per heavy atom. The Labute approximate surface area is 162 Å². The molecule has 1 aliphatic rings. The number of benzene rings is 2. The summed E-state index contributed by atoms with van der Waals surface area (Å²) in [5, 5.41) is 3.29. The third-order valence-electron chi connectivity index (χ3n) is 4.49. The number of nitrogens with one attached hydrogen (secondary N) is 2. The molecule has 2 N–H and O–H groups in total. The number of hydrogen-bond donors (Lipinski definition) is 2. The second-order valence-corrected chi connectivity index (χ2v) is 6.48. The number of carbonyl (C=O) groups excluding carboxylic acids is 3. The molecule has 4 amide bonds. The van der Waals surface area contributed by atoms with E-state index in [0.29, 0.717) is 22.1 Å². The van der Waals surface area contributed by atoms with Crippen molar-refractivity contribution >= 4 is 17.8 Å². The van der Waals surface area contributed by atoms with Crippen molar-refractivity contribution in [2.45, 2.75) is 25.5 Å². The van der Waals surface area contributed by atoms with Gasteiger partial charge in [-0.15, -0.1) is 0 Å². The molecule has 2 aromatic carbocycles. The van der Waals surface area contributed by atoms with Crippen molar-refractivity contribution in [2.75, 3.05) is 7.11 Å². The highest BCUT2D eigenvalue weighted by atomic mass is 16.5. The molecule has 0 aromatic heterocycles. The van der Waals surface area contributed by atoms with Crippen LogP contribution in [0.25, 0.3) is 0 Å². The van der Waals surface area contributed by atoms with Gasteiger partial charge in [0.05, 0.1) is 7.11 Å². The number of para-hydroxylation sites is 1. The number of nitrogens with zero attached hydrogens (tertiary/aromatic N) is 1. The Balaban J connectivity index is 1.73. The van der Waals surface area contributed by atoms with E-state index >= 15 is 0 Å². The van der Waals surface area contributed by atoms with Gasteiger partial charge in [0, 0.05) is 0 Å². The van der Waals surface area contributed by atoms with Gasteiger partial charge >= 0.3 is 6.03 Å². The molecule has 1 fully saturated rings. The summed E-state index contributed by atoms with van der Waals surface area (Å²) in [6.07, 6.45) is -0.910. The zero-order valence-electron chi connectivity index (χ0n) is 15.8. The number of methoxy groups -OCH3 is 1. The third kappa shape index (κ3) is 3.62. The van der Waals surface area contributed by atoms with Crippen LogP contribution in [-0.4, -0.2) is 36.1 Å². The van der Waals surface area contributed by atoms with E-state index in [4.69, 9.17) is 9.47 Å². The number of amides is 4. The first-order valence-corrected chi connectivity index (χ1v) is 8.68. The first kappa shape index (κ1) is 19.2. The summed E-state index contributed by atoms with van der Waals surface area (Å²) in [6.45, 7) is 3.10. The highest BCUT2D eigenvalue weighted by Gasteiger charge is 2.50. The first-order valence-electron chi connectivity index (χ1n) is 8.68. The smallest absolute Gasteiger partial charge is 0.344 e. The molecule has 2 aromatic rings. The van der Waals surface area contributed by atoms with E-state index in [1.807, 2.05) is 6.07 Å². The van der Waals surface area contributed by atoms with Crippen LogP contribution in [0, 0.1) is 0 Å². The van der Waals surface area contributed by atoms with Gasteiger partial charge in [-0.2, -0.15) is 5.01 Å². The molecule has 0 aliphatic carbocycles. The lowest BCUT2D eigenvalue weighted by atomic mass is 9.92. The maximum absolute atomic E-state index is 12.9. The van der Waals surface area contributed by atoms with Crippen LogP contribution in [0.15, 0.2) is 54.6 Å². The van der Waals surface area contributed by atoms with E-state index < -0.39 is 29.5 Å². The molecule has 0 spiro atoms. The SMILES string of the molecule is COc1cccc([C@@]2(C)NC(=O)N(NC(=O)[C@@H](C)Oc3ccccc3)C2=O)c1. The maximum atomic E-state index is 12.9. The molecular formula is C20H21N3O5. The number of carbonyl (C=O) groups is 3. The fraction of sp³-hybridized carbons (Fsp3) is 0.250. The quantitative estimate of drug-likeness (QED) is 0.744. The van der Waals surface area contributed by atoms with E-state index in [1.54, 1.807) is 55.5 Å². The van der Waals surface area contributed by atoms with Gasteiger partial charge in [-0.05, 0) is 43.7 Å². The molecule has 2 atom stereocenters. The lowest BCUT2D eigenvalue weighted by molar-refractivity contribution is -0.141. The first-order chi connectivity index (χ1) is 13.3. The van der Waals surface area contributed by atoms with Crippen molar-refractivity contribution in [3.05, 3.63) is 60.2 Å². The molecule has 0 bridgehead atoms. The number of rotatable bonds is 6. The van der Waals surface area contributed by atoms with Crippen LogP contribution in [0.4, 0.5) is 4.79 Å². The molecule has 1 saturated heterocycles. The molecule has 8 heteroatoms. The van der Waals surface area contributed by atoms with Crippen LogP contribution >= 0.6 is 0 Å². The fourth-order valence-electron chi connectivity index (χ4n) is 2.83. The molecular weight excluding hydrogens is 362 g/mol. The lowest BCUT2D eigenvalue weighted by Gasteiger charge is -2.23. The fourth-order valence-corrected chi connectivity index (χ4v) is 2.83. The van der Waals surface area contributed by atoms with Crippen LogP contribution in [0.1, 0.15) is 19.4 Å². The Hall–Kier alpha value is -3.55. The van der Waals surface area contributed by atoms with Crippen molar-refractivity contribution in [1.29, 1.82) is 0 Å². The van der Waals surface area contributed by atoms with Gasteiger partial charge in [0.2, 0.25) is 0 Å². The van der Waals surface area contributed by atoms with Gasteiger partial charge in [-0.25, -0.2) is 4.79 Å². The minimum absolute atomic E-state index is 0.503. The topological polar surface area (TPSA) is 97.0 Å². The highest BCUT2D eigenvalue weighted by Crippen LogP contribution is 2.30. The predicted molar refractivity (Wildman–Crippen MR) is 100 cm³/mol. The molecule has 1 heterocycles. The molecule has 1 aliphatic heterocycles. The minimum Gasteiger partial charge on any atom is -0.497 e. The Kier molecular flexibility index (Phi) is 5.21. The summed E-state index contributed by atoms with van der Waals surface area (Å²) < 4.78 is 10.7. The zero-order chi connectivity index (χ0) is 20.3. The van der Waals surface area contributed by atoms with Crippen LogP contribution in [-0.2, 0) is 15.1 Å². The summed E-state index contributed by atoms with van der Waals surface area (Å²) >= 11 is 0. The molecule has 8 nitrogen and oxygen atoms in total. The Bertz CT molecular complexity index is 902. The molecule has 0 radical (unpaired) electrons. The van der Waals surface area contributed by atoms with E-state index in [-0.39, 0.29) is 0 Å². The van der Waals surface area contributed by atoms with Crippen LogP contribution < -0.4 is 20.2 Å². The maximum Gasteiger partial charge on any atom is 0.344 e. The van der Waals surface area contributed by atoms with Crippen LogP contribution in [0.2, 0.25) is 0 Å². The van der Waals surface area contributed by atoms with E-state index in [0.717, 1.165) is 0 Å². The summed E-state index contributed by atoms with van der Waals surface area (Å²) in [4.78, 5) is 37.7. The normalized spacial score (nSPS) is 19.8. The van der Waals surface area contributed by atoms with Crippen LogP contribution in [0.3, 0.4) is 0 Å². The summed E-state index contributed by atoms with van der Waals surface area (Å²) in [7, 11) is 1.51. The number of ether oxygens (including phenoxy) is 2. The number of imide groups is 1.